The van der Waals surface area contributed by atoms with E-state index in [0.717, 1.165) is 5.56 Å². The molecule has 2 heterocycles. The highest BCUT2D eigenvalue weighted by molar-refractivity contribution is 7.89. The lowest BCUT2D eigenvalue weighted by Crippen LogP contribution is -2.55. The molecule has 0 bridgehead atoms. The topological polar surface area (TPSA) is 106 Å². The van der Waals surface area contributed by atoms with Gasteiger partial charge in [-0.25, -0.2) is 13.4 Å². The van der Waals surface area contributed by atoms with Crippen LogP contribution in [0.15, 0.2) is 47.5 Å². The molecule has 0 aliphatic carbocycles. The predicted octanol–water partition coefficient (Wildman–Crippen LogP) is 2.30. The van der Waals surface area contributed by atoms with Crippen LogP contribution in [0.2, 0.25) is 0 Å². The number of hydrogen-bond acceptors (Lipinski definition) is 6. The Balaban J connectivity index is 1.70. The summed E-state index contributed by atoms with van der Waals surface area (Å²) in [5.41, 5.74) is 1.50. The second kappa shape index (κ2) is 10.1. The lowest BCUT2D eigenvalue weighted by molar-refractivity contribution is -0.133. The van der Waals surface area contributed by atoms with Crippen molar-refractivity contribution in [3.05, 3.63) is 53.7 Å². The number of hydrogen-bond donors (Lipinski definition) is 1. The lowest BCUT2D eigenvalue weighted by atomic mass is 10.0. The molecule has 1 aliphatic heterocycles. The summed E-state index contributed by atoms with van der Waals surface area (Å²) in [6.07, 6.45) is 2.01. The van der Waals surface area contributed by atoms with Crippen LogP contribution in [0.3, 0.4) is 0 Å². The SMILES string of the molecule is Cc1ccc(S(=O)(=O)NC(CC(C)C)C(=O)N2CCN(c3cc(C#N)ccn3)CC2)cc1. The molecule has 1 unspecified atom stereocenters. The predicted molar refractivity (Wildman–Crippen MR) is 122 cm³/mol. The van der Waals surface area contributed by atoms with E-state index in [2.05, 4.69) is 15.8 Å². The zero-order chi connectivity index (χ0) is 23.3. The number of carbonyl (C=O) groups is 1. The Morgan fingerprint density at radius 2 is 1.81 bits per heavy atom. The molecule has 0 radical (unpaired) electrons. The third-order valence-electron chi connectivity index (χ3n) is 5.42. The summed E-state index contributed by atoms with van der Waals surface area (Å²) in [7, 11) is -3.82. The maximum Gasteiger partial charge on any atom is 0.241 e. The fourth-order valence-corrected chi connectivity index (χ4v) is 4.88. The van der Waals surface area contributed by atoms with Gasteiger partial charge in [0.25, 0.3) is 0 Å². The molecule has 1 atom stereocenters. The minimum Gasteiger partial charge on any atom is -0.353 e. The standard InChI is InChI=1S/C23H29N5O3S/c1-17(2)14-21(26-32(30,31)20-6-4-18(3)5-7-20)23(29)28-12-10-27(11-13-28)22-15-19(16-24)8-9-25-22/h4-9,15,17,21,26H,10-14H2,1-3H3. The summed E-state index contributed by atoms with van der Waals surface area (Å²) >= 11 is 0. The highest BCUT2D eigenvalue weighted by atomic mass is 32.2. The summed E-state index contributed by atoms with van der Waals surface area (Å²) in [6.45, 7) is 7.86. The van der Waals surface area contributed by atoms with Crippen molar-refractivity contribution >= 4 is 21.7 Å². The molecule has 1 N–H and O–H groups in total. The van der Waals surface area contributed by atoms with Crippen LogP contribution in [0.25, 0.3) is 0 Å². The van der Waals surface area contributed by atoms with Gasteiger partial charge in [-0.1, -0.05) is 31.5 Å². The van der Waals surface area contributed by atoms with Gasteiger partial charge in [-0.15, -0.1) is 0 Å². The average molecular weight is 456 g/mol. The number of piperazine rings is 1. The molecule has 1 fully saturated rings. The Morgan fingerprint density at radius 1 is 1.16 bits per heavy atom. The Hall–Kier alpha value is -2.96. The molecule has 0 saturated carbocycles. The number of pyridine rings is 1. The monoisotopic (exact) mass is 455 g/mol. The first-order chi connectivity index (χ1) is 15.2. The summed E-state index contributed by atoms with van der Waals surface area (Å²) < 4.78 is 28.4. The average Bonchev–Trinajstić information content (AvgIpc) is 2.78. The van der Waals surface area contributed by atoms with Crippen LogP contribution in [0.4, 0.5) is 5.82 Å². The molecule has 32 heavy (non-hydrogen) atoms. The van der Waals surface area contributed by atoms with Gasteiger partial charge in [-0.05, 0) is 43.5 Å². The smallest absolute Gasteiger partial charge is 0.241 e. The van der Waals surface area contributed by atoms with Crippen molar-refractivity contribution in [3.63, 3.8) is 0 Å². The summed E-state index contributed by atoms with van der Waals surface area (Å²) in [4.78, 5) is 21.5. The van der Waals surface area contributed by atoms with Crippen molar-refractivity contribution in [1.82, 2.24) is 14.6 Å². The van der Waals surface area contributed by atoms with Crippen LogP contribution >= 0.6 is 0 Å². The van der Waals surface area contributed by atoms with Crippen LogP contribution in [0.5, 0.6) is 0 Å². The summed E-state index contributed by atoms with van der Waals surface area (Å²) in [6, 6.07) is 11.2. The number of sulfonamides is 1. The van der Waals surface area contributed by atoms with Gasteiger partial charge in [0.2, 0.25) is 15.9 Å². The van der Waals surface area contributed by atoms with E-state index in [-0.39, 0.29) is 16.7 Å². The first-order valence-corrected chi connectivity index (χ1v) is 12.2. The van der Waals surface area contributed by atoms with Crippen molar-refractivity contribution in [2.75, 3.05) is 31.1 Å². The first kappa shape index (κ1) is 23.7. The third-order valence-corrected chi connectivity index (χ3v) is 6.91. The molecule has 0 spiro atoms. The number of aryl methyl sites for hydroxylation is 1. The molecular weight excluding hydrogens is 426 g/mol. The molecule has 1 aromatic heterocycles. The number of anilines is 1. The number of benzene rings is 1. The molecule has 1 amide bonds. The Bertz CT molecular complexity index is 1090. The van der Waals surface area contributed by atoms with E-state index in [1.54, 1.807) is 47.5 Å². The molecule has 8 nitrogen and oxygen atoms in total. The third kappa shape index (κ3) is 5.84. The second-order valence-electron chi connectivity index (χ2n) is 8.44. The van der Waals surface area contributed by atoms with Crippen LogP contribution in [-0.4, -0.2) is 56.4 Å². The Morgan fingerprint density at radius 3 is 2.41 bits per heavy atom. The molecular formula is C23H29N5O3S. The van der Waals surface area contributed by atoms with E-state index in [1.165, 1.54) is 0 Å². The van der Waals surface area contributed by atoms with Crippen molar-refractivity contribution in [3.8, 4) is 6.07 Å². The normalized spacial score (nSPS) is 15.5. The minimum absolute atomic E-state index is 0.142. The molecule has 9 heteroatoms. The zero-order valence-electron chi connectivity index (χ0n) is 18.7. The maximum atomic E-state index is 13.3. The van der Waals surface area contributed by atoms with Gasteiger partial charge in [0.15, 0.2) is 0 Å². The van der Waals surface area contributed by atoms with Gasteiger partial charge < -0.3 is 9.80 Å². The molecule has 1 aromatic carbocycles. The number of amides is 1. The van der Waals surface area contributed by atoms with E-state index in [9.17, 15) is 13.2 Å². The van der Waals surface area contributed by atoms with Gasteiger partial charge in [0.1, 0.15) is 11.9 Å². The van der Waals surface area contributed by atoms with Gasteiger partial charge in [0, 0.05) is 32.4 Å². The van der Waals surface area contributed by atoms with Crippen LogP contribution in [0.1, 0.15) is 31.4 Å². The highest BCUT2D eigenvalue weighted by Crippen LogP contribution is 2.18. The number of rotatable bonds is 7. The molecule has 1 aliphatic rings. The fourth-order valence-electron chi connectivity index (χ4n) is 3.68. The van der Waals surface area contributed by atoms with E-state index in [4.69, 9.17) is 5.26 Å². The van der Waals surface area contributed by atoms with E-state index in [0.29, 0.717) is 44.0 Å². The second-order valence-corrected chi connectivity index (χ2v) is 10.2. The maximum absolute atomic E-state index is 13.3. The number of nitrogens with zero attached hydrogens (tertiary/aromatic N) is 4. The highest BCUT2D eigenvalue weighted by Gasteiger charge is 2.31. The molecule has 2 aromatic rings. The van der Waals surface area contributed by atoms with Gasteiger partial charge in [-0.3, -0.25) is 4.79 Å². The molecule has 1 saturated heterocycles. The quantitative estimate of drug-likeness (QED) is 0.687. The molecule has 170 valence electrons. The van der Waals surface area contributed by atoms with Crippen molar-refractivity contribution in [1.29, 1.82) is 5.26 Å². The number of aromatic nitrogens is 1. The lowest BCUT2D eigenvalue weighted by Gasteiger charge is -2.37. The van der Waals surface area contributed by atoms with E-state index in [1.807, 2.05) is 25.7 Å². The van der Waals surface area contributed by atoms with Crippen molar-refractivity contribution < 1.29 is 13.2 Å². The van der Waals surface area contributed by atoms with Gasteiger partial charge in [-0.2, -0.15) is 9.98 Å². The first-order valence-electron chi connectivity index (χ1n) is 10.7. The Kier molecular flexibility index (Phi) is 7.48. The number of carbonyl (C=O) groups excluding carboxylic acids is 1. The van der Waals surface area contributed by atoms with Crippen molar-refractivity contribution in [2.24, 2.45) is 5.92 Å². The van der Waals surface area contributed by atoms with Gasteiger partial charge >= 0.3 is 0 Å². The minimum atomic E-state index is -3.82. The number of nitrogens with one attached hydrogen (secondary N) is 1. The molecule has 3 rings (SSSR count). The summed E-state index contributed by atoms with van der Waals surface area (Å²) in [5.74, 6) is 0.631. The summed E-state index contributed by atoms with van der Waals surface area (Å²) in [5, 5.41) is 9.09. The zero-order valence-corrected chi connectivity index (χ0v) is 19.5. The van der Waals surface area contributed by atoms with Crippen LogP contribution < -0.4 is 9.62 Å². The van der Waals surface area contributed by atoms with Crippen molar-refractivity contribution in [2.45, 2.75) is 38.1 Å². The van der Waals surface area contributed by atoms with Crippen LogP contribution in [-0.2, 0) is 14.8 Å². The largest absolute Gasteiger partial charge is 0.353 e. The van der Waals surface area contributed by atoms with Crippen LogP contribution in [0, 0.1) is 24.2 Å². The number of nitriles is 1. The Labute approximate surface area is 189 Å². The van der Waals surface area contributed by atoms with E-state index >= 15 is 0 Å². The van der Waals surface area contributed by atoms with Gasteiger partial charge in [0.05, 0.1) is 16.5 Å². The van der Waals surface area contributed by atoms with E-state index < -0.39 is 16.1 Å². The fraction of sp³-hybridized carbons (Fsp3) is 0.435.